The van der Waals surface area contributed by atoms with Crippen LogP contribution in [0.2, 0.25) is 0 Å². The van der Waals surface area contributed by atoms with E-state index < -0.39 is 10.0 Å². The lowest BCUT2D eigenvalue weighted by atomic mass is 10.1. The van der Waals surface area contributed by atoms with Crippen LogP contribution in [0.1, 0.15) is 37.2 Å². The van der Waals surface area contributed by atoms with Crippen LogP contribution in [-0.2, 0) is 17.1 Å². The summed E-state index contributed by atoms with van der Waals surface area (Å²) in [4.78, 5) is 31.1. The van der Waals surface area contributed by atoms with E-state index in [9.17, 15) is 18.0 Å². The first kappa shape index (κ1) is 24.5. The molecule has 10 nitrogen and oxygen atoms in total. The van der Waals surface area contributed by atoms with Crippen molar-refractivity contribution in [3.63, 3.8) is 0 Å². The van der Waals surface area contributed by atoms with E-state index in [1.165, 1.54) is 10.6 Å². The fourth-order valence-corrected chi connectivity index (χ4v) is 5.99. The number of ether oxygens (including phenoxy) is 1. The number of carbonyl (C=O) groups is 1. The number of aryl methyl sites for hydroxylation is 1. The Kier molecular flexibility index (Phi) is 6.60. The van der Waals surface area contributed by atoms with Crippen molar-refractivity contribution in [3.8, 4) is 16.2 Å². The molecule has 3 aromatic rings. The fourth-order valence-electron chi connectivity index (χ4n) is 4.14. The van der Waals surface area contributed by atoms with Gasteiger partial charge in [-0.1, -0.05) is 0 Å². The van der Waals surface area contributed by atoms with Gasteiger partial charge in [0.2, 0.25) is 10.0 Å². The molecule has 0 spiro atoms. The Hall–Kier alpha value is -2.67. The van der Waals surface area contributed by atoms with Crippen molar-refractivity contribution in [2.45, 2.75) is 43.0 Å². The Labute approximate surface area is 201 Å². The molecule has 0 saturated carbocycles. The summed E-state index contributed by atoms with van der Waals surface area (Å²) >= 11 is 0.979. The summed E-state index contributed by atoms with van der Waals surface area (Å²) in [6.45, 7) is 5.07. The lowest BCUT2D eigenvalue weighted by Crippen LogP contribution is -2.30. The van der Waals surface area contributed by atoms with Gasteiger partial charge in [-0.3, -0.25) is 9.59 Å². The lowest BCUT2D eigenvalue weighted by molar-refractivity contribution is 0.0939. The highest BCUT2D eigenvalue weighted by molar-refractivity contribution is 7.91. The SMILES string of the molecule is CC(C)NC(=O)c1cc2c(-c3sc(S(N)(=O)=O)cc3OCC3CCCN3C)cn(C)c(=O)c2[nH]1. The topological polar surface area (TPSA) is 140 Å². The molecule has 0 radical (unpaired) electrons. The second-order valence-electron chi connectivity index (χ2n) is 8.95. The molecule has 1 amide bonds. The molecule has 1 unspecified atom stereocenters. The van der Waals surface area contributed by atoms with Gasteiger partial charge >= 0.3 is 0 Å². The van der Waals surface area contributed by atoms with Crippen molar-refractivity contribution in [1.29, 1.82) is 0 Å². The van der Waals surface area contributed by atoms with Crippen LogP contribution in [0.5, 0.6) is 5.75 Å². The van der Waals surface area contributed by atoms with Crippen molar-refractivity contribution in [2.75, 3.05) is 20.2 Å². The summed E-state index contributed by atoms with van der Waals surface area (Å²) in [6, 6.07) is 3.18. The number of H-pyrrole nitrogens is 1. The average molecular weight is 508 g/mol. The highest BCUT2D eigenvalue weighted by atomic mass is 32.2. The smallest absolute Gasteiger partial charge is 0.274 e. The highest BCUT2D eigenvalue weighted by Crippen LogP contribution is 2.42. The Morgan fingerprint density at radius 2 is 2.09 bits per heavy atom. The van der Waals surface area contributed by atoms with E-state index in [1.54, 1.807) is 19.3 Å². The van der Waals surface area contributed by atoms with Gasteiger partial charge in [0.15, 0.2) is 0 Å². The van der Waals surface area contributed by atoms with Crippen LogP contribution in [0.25, 0.3) is 21.3 Å². The van der Waals surface area contributed by atoms with E-state index in [4.69, 9.17) is 9.88 Å². The normalized spacial score (nSPS) is 17.1. The van der Waals surface area contributed by atoms with Gasteiger partial charge in [-0.05, 0) is 46.3 Å². The first-order valence-corrected chi connectivity index (χ1v) is 13.3. The molecule has 3 aromatic heterocycles. The number of rotatable bonds is 7. The van der Waals surface area contributed by atoms with Gasteiger partial charge < -0.3 is 24.5 Å². The first-order chi connectivity index (χ1) is 16.0. The van der Waals surface area contributed by atoms with Crippen LogP contribution in [0.3, 0.4) is 0 Å². The second-order valence-corrected chi connectivity index (χ2v) is 11.8. The van der Waals surface area contributed by atoms with Crippen LogP contribution in [0.4, 0.5) is 0 Å². The molecule has 4 N–H and O–H groups in total. The Bertz CT molecular complexity index is 1400. The van der Waals surface area contributed by atoms with Crippen molar-refractivity contribution < 1.29 is 17.9 Å². The predicted molar refractivity (Wildman–Crippen MR) is 132 cm³/mol. The monoisotopic (exact) mass is 507 g/mol. The van der Waals surface area contributed by atoms with Gasteiger partial charge in [0, 0.05) is 42.3 Å². The number of likely N-dealkylation sites (tertiary alicyclic amines) is 1. The van der Waals surface area contributed by atoms with E-state index in [1.807, 2.05) is 20.9 Å². The van der Waals surface area contributed by atoms with Gasteiger partial charge in [-0.25, -0.2) is 13.6 Å². The number of nitrogens with zero attached hydrogens (tertiary/aromatic N) is 2. The average Bonchev–Trinajstić information content (AvgIpc) is 3.46. The number of aromatic amines is 1. The van der Waals surface area contributed by atoms with Crippen LogP contribution < -0.4 is 20.8 Å². The summed E-state index contributed by atoms with van der Waals surface area (Å²) in [6.07, 6.45) is 3.69. The Balaban J connectivity index is 1.84. The highest BCUT2D eigenvalue weighted by Gasteiger charge is 2.26. The number of amides is 1. The number of hydrogen-bond donors (Lipinski definition) is 3. The van der Waals surface area contributed by atoms with Crippen molar-refractivity contribution >= 4 is 38.2 Å². The Morgan fingerprint density at radius 1 is 1.35 bits per heavy atom. The molecule has 34 heavy (non-hydrogen) atoms. The molecule has 0 aliphatic carbocycles. The van der Waals surface area contributed by atoms with E-state index >= 15 is 0 Å². The number of sulfonamides is 1. The summed E-state index contributed by atoms with van der Waals surface area (Å²) in [7, 11) is -0.334. The third kappa shape index (κ3) is 4.76. The van der Waals surface area contributed by atoms with E-state index in [2.05, 4.69) is 15.2 Å². The summed E-state index contributed by atoms with van der Waals surface area (Å²) in [5.41, 5.74) is 0.764. The number of hydrogen-bond acceptors (Lipinski definition) is 7. The molecular formula is C22H29N5O5S2. The van der Waals surface area contributed by atoms with E-state index in [0.29, 0.717) is 28.2 Å². The number of aromatic nitrogens is 2. The zero-order chi connectivity index (χ0) is 24.8. The number of nitrogens with one attached hydrogen (secondary N) is 2. The number of fused-ring (bicyclic) bond motifs is 1. The van der Waals surface area contributed by atoms with E-state index in [0.717, 1.165) is 30.7 Å². The fraction of sp³-hybridized carbons (Fsp3) is 0.455. The number of thiophene rings is 1. The molecule has 4 heterocycles. The molecule has 4 rings (SSSR count). The van der Waals surface area contributed by atoms with Gasteiger partial charge in [-0.15, -0.1) is 11.3 Å². The summed E-state index contributed by atoms with van der Waals surface area (Å²) < 4.78 is 31.7. The third-order valence-electron chi connectivity index (χ3n) is 5.93. The molecule has 1 saturated heterocycles. The van der Waals surface area contributed by atoms with Gasteiger partial charge in [0.25, 0.3) is 11.5 Å². The number of nitrogens with two attached hydrogens (primary N) is 1. The number of likely N-dealkylation sites (N-methyl/N-ethyl adjacent to an activating group) is 1. The van der Waals surface area contributed by atoms with Crippen LogP contribution in [0.15, 0.2) is 27.3 Å². The minimum absolute atomic E-state index is 0.0346. The van der Waals surface area contributed by atoms with Gasteiger partial charge in [0.1, 0.15) is 27.8 Å². The minimum atomic E-state index is -3.97. The molecule has 1 fully saturated rings. The summed E-state index contributed by atoms with van der Waals surface area (Å²) in [5.74, 6) is 0.0417. The van der Waals surface area contributed by atoms with Gasteiger partial charge in [0.05, 0.1) is 4.88 Å². The van der Waals surface area contributed by atoms with Crippen molar-refractivity contribution in [3.05, 3.63) is 34.4 Å². The molecule has 12 heteroatoms. The minimum Gasteiger partial charge on any atom is -0.490 e. The molecule has 1 atom stereocenters. The largest absolute Gasteiger partial charge is 0.490 e. The standard InChI is InChI=1S/C22H29N5O5S2/c1-12(2)24-21(28)16-8-14-15(10-27(4)22(29)19(14)25-16)20-17(9-18(33-20)34(23,30)31)32-11-13-6-5-7-26(13)3/h8-10,12-13,25H,5-7,11H2,1-4H3,(H,24,28)(H2,23,30,31). The first-order valence-electron chi connectivity index (χ1n) is 11.0. The number of pyridine rings is 1. The maximum absolute atomic E-state index is 12.8. The van der Waals surface area contributed by atoms with Crippen LogP contribution >= 0.6 is 11.3 Å². The molecule has 1 aliphatic heterocycles. The third-order valence-corrected chi connectivity index (χ3v) is 8.50. The van der Waals surface area contributed by atoms with Crippen molar-refractivity contribution in [2.24, 2.45) is 12.2 Å². The van der Waals surface area contributed by atoms with Gasteiger partial charge in [-0.2, -0.15) is 0 Å². The summed E-state index contributed by atoms with van der Waals surface area (Å²) in [5, 5.41) is 8.72. The van der Waals surface area contributed by atoms with E-state index in [-0.39, 0.29) is 39.0 Å². The Morgan fingerprint density at radius 3 is 2.71 bits per heavy atom. The molecule has 1 aliphatic rings. The lowest BCUT2D eigenvalue weighted by Gasteiger charge is -2.19. The maximum Gasteiger partial charge on any atom is 0.274 e. The van der Waals surface area contributed by atoms with Crippen molar-refractivity contribution in [1.82, 2.24) is 19.8 Å². The number of carbonyl (C=O) groups excluding carboxylic acids is 1. The van der Waals surface area contributed by atoms with Crippen LogP contribution in [-0.4, -0.2) is 61.1 Å². The number of primary sulfonamides is 1. The predicted octanol–water partition coefficient (Wildman–Crippen LogP) is 1.85. The maximum atomic E-state index is 12.8. The zero-order valence-corrected chi connectivity index (χ0v) is 21.2. The molecule has 0 bridgehead atoms. The quantitative estimate of drug-likeness (QED) is 0.446. The van der Waals surface area contributed by atoms with Crippen LogP contribution in [0, 0.1) is 0 Å². The molecular weight excluding hydrogens is 478 g/mol. The zero-order valence-electron chi connectivity index (χ0n) is 19.5. The molecule has 184 valence electrons. The molecule has 0 aromatic carbocycles. The second kappa shape index (κ2) is 9.17.